The first-order valence-electron chi connectivity index (χ1n) is 5.23. The molecular formula is C12H15N3O. The highest BCUT2D eigenvalue weighted by Gasteiger charge is 2.09. The highest BCUT2D eigenvalue weighted by Crippen LogP contribution is 2.20. The van der Waals surface area contributed by atoms with E-state index in [-0.39, 0.29) is 5.92 Å². The molecule has 0 aliphatic rings. The lowest BCUT2D eigenvalue weighted by Gasteiger charge is -2.05. The lowest BCUT2D eigenvalue weighted by molar-refractivity contribution is 0.126. The van der Waals surface area contributed by atoms with Gasteiger partial charge in [0.25, 0.3) is 0 Å². The molecule has 1 heterocycles. The van der Waals surface area contributed by atoms with Crippen LogP contribution < -0.4 is 5.90 Å². The van der Waals surface area contributed by atoms with E-state index in [1.807, 2.05) is 43.3 Å². The molecule has 0 spiro atoms. The zero-order valence-electron chi connectivity index (χ0n) is 9.18. The molecule has 16 heavy (non-hydrogen) atoms. The Hall–Kier alpha value is -1.65. The minimum absolute atomic E-state index is 0.218. The first-order chi connectivity index (χ1) is 7.81. The van der Waals surface area contributed by atoms with Crippen molar-refractivity contribution in [2.75, 3.05) is 6.61 Å². The Kier molecular flexibility index (Phi) is 3.34. The molecule has 0 bridgehead atoms. The SMILES string of the molecule is CC(CON)c1cc(-c2ccccc2)n[nH]1. The molecule has 1 aromatic heterocycles. The Morgan fingerprint density at radius 3 is 2.81 bits per heavy atom. The second-order valence-corrected chi connectivity index (χ2v) is 3.81. The van der Waals surface area contributed by atoms with Crippen molar-refractivity contribution in [2.45, 2.75) is 12.8 Å². The predicted molar refractivity (Wildman–Crippen MR) is 62.6 cm³/mol. The van der Waals surface area contributed by atoms with Crippen molar-refractivity contribution in [1.82, 2.24) is 10.2 Å². The molecule has 4 nitrogen and oxygen atoms in total. The number of rotatable bonds is 4. The molecule has 2 rings (SSSR count). The summed E-state index contributed by atoms with van der Waals surface area (Å²) >= 11 is 0. The minimum atomic E-state index is 0.218. The van der Waals surface area contributed by atoms with Crippen molar-refractivity contribution in [3.63, 3.8) is 0 Å². The molecular weight excluding hydrogens is 202 g/mol. The lowest BCUT2D eigenvalue weighted by atomic mass is 10.1. The summed E-state index contributed by atoms with van der Waals surface area (Å²) in [4.78, 5) is 4.63. The summed E-state index contributed by atoms with van der Waals surface area (Å²) in [6.07, 6.45) is 0. The van der Waals surface area contributed by atoms with Crippen molar-refractivity contribution in [3.05, 3.63) is 42.1 Å². The fourth-order valence-corrected chi connectivity index (χ4v) is 1.58. The van der Waals surface area contributed by atoms with Crippen molar-refractivity contribution < 1.29 is 4.84 Å². The first kappa shape index (κ1) is 10.9. The van der Waals surface area contributed by atoms with E-state index in [0.29, 0.717) is 6.61 Å². The van der Waals surface area contributed by atoms with Crippen LogP contribution in [-0.2, 0) is 4.84 Å². The van der Waals surface area contributed by atoms with Crippen LogP contribution in [0.15, 0.2) is 36.4 Å². The van der Waals surface area contributed by atoms with Gasteiger partial charge in [0, 0.05) is 17.2 Å². The monoisotopic (exact) mass is 217 g/mol. The zero-order chi connectivity index (χ0) is 11.4. The van der Waals surface area contributed by atoms with Gasteiger partial charge in [0.2, 0.25) is 0 Å². The van der Waals surface area contributed by atoms with Crippen LogP contribution in [-0.4, -0.2) is 16.8 Å². The Bertz CT molecular complexity index is 439. The predicted octanol–water partition coefficient (Wildman–Crippen LogP) is 2.07. The van der Waals surface area contributed by atoms with E-state index in [9.17, 15) is 0 Å². The number of aromatic nitrogens is 2. The number of nitrogens with one attached hydrogen (secondary N) is 1. The van der Waals surface area contributed by atoms with Crippen molar-refractivity contribution in [3.8, 4) is 11.3 Å². The second kappa shape index (κ2) is 4.92. The molecule has 0 aliphatic heterocycles. The quantitative estimate of drug-likeness (QED) is 0.770. The lowest BCUT2D eigenvalue weighted by Crippen LogP contribution is -2.08. The van der Waals surface area contributed by atoms with Crippen molar-refractivity contribution in [1.29, 1.82) is 0 Å². The van der Waals surface area contributed by atoms with Crippen LogP contribution in [0.2, 0.25) is 0 Å². The molecule has 1 aromatic carbocycles. The highest BCUT2D eigenvalue weighted by atomic mass is 16.6. The Balaban J connectivity index is 2.20. The van der Waals surface area contributed by atoms with Gasteiger partial charge < -0.3 is 4.84 Å². The smallest absolute Gasteiger partial charge is 0.0923 e. The standard InChI is InChI=1S/C12H15N3O/c1-9(8-16-13)11-7-12(15-14-11)10-5-3-2-4-6-10/h2-7,9H,8,13H2,1H3,(H,14,15). The third-order valence-electron chi connectivity index (χ3n) is 2.54. The Labute approximate surface area is 94.4 Å². The van der Waals surface area contributed by atoms with Crippen LogP contribution >= 0.6 is 0 Å². The van der Waals surface area contributed by atoms with Crippen LogP contribution in [0.3, 0.4) is 0 Å². The van der Waals surface area contributed by atoms with E-state index in [1.54, 1.807) is 0 Å². The van der Waals surface area contributed by atoms with Gasteiger partial charge in [-0.05, 0) is 6.07 Å². The molecule has 1 atom stereocenters. The summed E-state index contributed by atoms with van der Waals surface area (Å²) in [6, 6.07) is 12.1. The average Bonchev–Trinajstić information content (AvgIpc) is 2.80. The molecule has 4 heteroatoms. The summed E-state index contributed by atoms with van der Waals surface area (Å²) < 4.78 is 0. The summed E-state index contributed by atoms with van der Waals surface area (Å²) in [6.45, 7) is 2.52. The fourth-order valence-electron chi connectivity index (χ4n) is 1.58. The third-order valence-corrected chi connectivity index (χ3v) is 2.54. The van der Waals surface area contributed by atoms with Gasteiger partial charge in [0.15, 0.2) is 0 Å². The number of H-pyrrole nitrogens is 1. The molecule has 2 aromatic rings. The molecule has 0 amide bonds. The zero-order valence-corrected chi connectivity index (χ0v) is 9.18. The van der Waals surface area contributed by atoms with Gasteiger partial charge >= 0.3 is 0 Å². The maximum atomic E-state index is 5.05. The topological polar surface area (TPSA) is 63.9 Å². The second-order valence-electron chi connectivity index (χ2n) is 3.81. The number of nitrogens with zero attached hydrogens (tertiary/aromatic N) is 1. The third kappa shape index (κ3) is 2.29. The number of hydrogen-bond acceptors (Lipinski definition) is 3. The molecule has 0 radical (unpaired) electrons. The highest BCUT2D eigenvalue weighted by molar-refractivity contribution is 5.59. The molecule has 0 saturated heterocycles. The molecule has 0 aliphatic carbocycles. The molecule has 0 fully saturated rings. The van der Waals surface area contributed by atoms with Gasteiger partial charge in [0.05, 0.1) is 12.3 Å². The van der Waals surface area contributed by atoms with Crippen LogP contribution in [0, 0.1) is 0 Å². The van der Waals surface area contributed by atoms with Gasteiger partial charge in [-0.1, -0.05) is 37.3 Å². The summed E-state index contributed by atoms with van der Waals surface area (Å²) in [5.41, 5.74) is 3.08. The summed E-state index contributed by atoms with van der Waals surface area (Å²) in [5, 5.41) is 7.27. The number of nitrogens with two attached hydrogens (primary N) is 1. The van der Waals surface area contributed by atoms with Gasteiger partial charge in [0.1, 0.15) is 0 Å². The van der Waals surface area contributed by atoms with Crippen molar-refractivity contribution in [2.24, 2.45) is 5.90 Å². The molecule has 1 unspecified atom stereocenters. The van der Waals surface area contributed by atoms with Gasteiger partial charge in [-0.3, -0.25) is 5.10 Å². The van der Waals surface area contributed by atoms with E-state index >= 15 is 0 Å². The largest absolute Gasteiger partial charge is 0.304 e. The van der Waals surface area contributed by atoms with E-state index in [0.717, 1.165) is 17.0 Å². The Morgan fingerprint density at radius 2 is 2.12 bits per heavy atom. The maximum absolute atomic E-state index is 5.05. The molecule has 84 valence electrons. The maximum Gasteiger partial charge on any atom is 0.0923 e. The van der Waals surface area contributed by atoms with Gasteiger partial charge in [-0.15, -0.1) is 0 Å². The van der Waals surface area contributed by atoms with E-state index < -0.39 is 0 Å². The number of hydrogen-bond donors (Lipinski definition) is 2. The molecule has 3 N–H and O–H groups in total. The van der Waals surface area contributed by atoms with Gasteiger partial charge in [-0.2, -0.15) is 5.10 Å². The average molecular weight is 217 g/mol. The first-order valence-corrected chi connectivity index (χ1v) is 5.23. The van der Waals surface area contributed by atoms with E-state index in [2.05, 4.69) is 15.0 Å². The van der Waals surface area contributed by atoms with Crippen LogP contribution in [0.1, 0.15) is 18.5 Å². The summed E-state index contributed by atoms with van der Waals surface area (Å²) in [7, 11) is 0. The summed E-state index contributed by atoms with van der Waals surface area (Å²) in [5.74, 6) is 5.27. The normalized spacial score (nSPS) is 12.6. The minimum Gasteiger partial charge on any atom is -0.304 e. The van der Waals surface area contributed by atoms with Crippen LogP contribution in [0.4, 0.5) is 0 Å². The van der Waals surface area contributed by atoms with Crippen LogP contribution in [0.5, 0.6) is 0 Å². The van der Waals surface area contributed by atoms with Gasteiger partial charge in [-0.25, -0.2) is 5.90 Å². The number of benzene rings is 1. The number of aromatic amines is 1. The van der Waals surface area contributed by atoms with Crippen molar-refractivity contribution >= 4 is 0 Å². The molecule has 0 saturated carbocycles. The van der Waals surface area contributed by atoms with E-state index in [4.69, 9.17) is 5.90 Å². The van der Waals surface area contributed by atoms with E-state index in [1.165, 1.54) is 0 Å². The fraction of sp³-hybridized carbons (Fsp3) is 0.250. The van der Waals surface area contributed by atoms with Crippen LogP contribution in [0.25, 0.3) is 11.3 Å². The Morgan fingerprint density at radius 1 is 1.38 bits per heavy atom.